The lowest BCUT2D eigenvalue weighted by Gasteiger charge is -2.19. The topological polar surface area (TPSA) is 44.7 Å². The summed E-state index contributed by atoms with van der Waals surface area (Å²) in [7, 11) is 0. The molecule has 0 spiro atoms. The van der Waals surface area contributed by atoms with E-state index in [1.165, 1.54) is 23.4 Å². The number of hydrazone groups is 1. The van der Waals surface area contributed by atoms with Crippen molar-refractivity contribution in [3.8, 4) is 0 Å². The summed E-state index contributed by atoms with van der Waals surface area (Å²) in [6, 6.07) is 4.50. The number of anilines is 1. The highest BCUT2D eigenvalue weighted by molar-refractivity contribution is 5.87. The smallest absolute Gasteiger partial charge is 0.302 e. The first-order valence-electron chi connectivity index (χ1n) is 4.72. The van der Waals surface area contributed by atoms with Gasteiger partial charge in [0.15, 0.2) is 12.5 Å². The van der Waals surface area contributed by atoms with Crippen LogP contribution >= 0.6 is 0 Å². The van der Waals surface area contributed by atoms with Crippen LogP contribution in [0, 0.1) is 0 Å². The molecule has 0 amide bonds. The quantitative estimate of drug-likeness (QED) is 0.802. The third-order valence-electron chi connectivity index (χ3n) is 2.31. The molecule has 0 fully saturated rings. The van der Waals surface area contributed by atoms with Crippen molar-refractivity contribution >= 4 is 18.3 Å². The molecule has 7 heteroatoms. The van der Waals surface area contributed by atoms with Crippen LogP contribution in [0.3, 0.4) is 0 Å². The average Bonchev–Trinajstić information content (AvgIpc) is 2.76. The fourth-order valence-corrected chi connectivity index (χ4v) is 1.45. The third kappa shape index (κ3) is 2.22. The Morgan fingerprint density at radius 3 is 2.47 bits per heavy atom. The van der Waals surface area contributed by atoms with Crippen molar-refractivity contribution in [3.05, 3.63) is 29.8 Å². The second-order valence-electron chi connectivity index (χ2n) is 3.41. The van der Waals surface area contributed by atoms with Crippen LogP contribution < -0.4 is 10.3 Å². The van der Waals surface area contributed by atoms with Gasteiger partial charge in [0, 0.05) is 5.69 Å². The van der Waals surface area contributed by atoms with Crippen molar-refractivity contribution < 1.29 is 18.0 Å². The van der Waals surface area contributed by atoms with Crippen molar-refractivity contribution in [3.63, 3.8) is 0 Å². The molecule has 1 aromatic carbocycles. The number of nitrogens with one attached hydrogen (secondary N) is 1. The number of rotatable bonds is 2. The molecule has 2 rings (SSSR count). The van der Waals surface area contributed by atoms with Gasteiger partial charge in [-0.3, -0.25) is 10.2 Å². The van der Waals surface area contributed by atoms with Crippen LogP contribution in [0.15, 0.2) is 29.4 Å². The van der Waals surface area contributed by atoms with E-state index in [4.69, 9.17) is 0 Å². The van der Waals surface area contributed by atoms with Crippen LogP contribution in [0.2, 0.25) is 0 Å². The van der Waals surface area contributed by atoms with Gasteiger partial charge < -0.3 is 4.90 Å². The lowest BCUT2D eigenvalue weighted by atomic mass is 10.2. The van der Waals surface area contributed by atoms with Crippen LogP contribution in [0.25, 0.3) is 0 Å². The summed E-state index contributed by atoms with van der Waals surface area (Å²) < 4.78 is 37.0. The monoisotopic (exact) mass is 243 g/mol. The van der Waals surface area contributed by atoms with Gasteiger partial charge in [-0.25, -0.2) is 0 Å². The molecule has 1 heterocycles. The first-order valence-corrected chi connectivity index (χ1v) is 4.72. The van der Waals surface area contributed by atoms with E-state index in [9.17, 15) is 18.0 Å². The molecule has 1 N–H and O–H groups in total. The molecule has 1 aromatic rings. The molecule has 1 aliphatic heterocycles. The number of benzene rings is 1. The van der Waals surface area contributed by atoms with Crippen molar-refractivity contribution in [1.29, 1.82) is 0 Å². The molecule has 0 aliphatic carbocycles. The first kappa shape index (κ1) is 11.4. The Hall–Kier alpha value is -2.05. The minimum Gasteiger partial charge on any atom is -0.302 e. The zero-order valence-electron chi connectivity index (χ0n) is 8.48. The molecule has 17 heavy (non-hydrogen) atoms. The molecule has 0 aromatic heterocycles. The standard InChI is InChI=1S/C10H8F3N3O/c11-10(12,13)7-1-3-8(4-2-7)16-6-14-15-9(16)5-17/h1-6,9,15H. The Morgan fingerprint density at radius 2 is 1.94 bits per heavy atom. The molecule has 0 radical (unpaired) electrons. The number of halogens is 3. The lowest BCUT2D eigenvalue weighted by Crippen LogP contribution is -2.38. The molecule has 1 unspecified atom stereocenters. The number of hydrogen-bond donors (Lipinski definition) is 1. The van der Waals surface area contributed by atoms with E-state index in [0.29, 0.717) is 12.0 Å². The van der Waals surface area contributed by atoms with Gasteiger partial charge in [0.1, 0.15) is 6.34 Å². The summed E-state index contributed by atoms with van der Waals surface area (Å²) in [5, 5.41) is 3.66. The van der Waals surface area contributed by atoms with Crippen LogP contribution in [0.5, 0.6) is 0 Å². The third-order valence-corrected chi connectivity index (χ3v) is 2.31. The van der Waals surface area contributed by atoms with Crippen molar-refractivity contribution in [1.82, 2.24) is 5.43 Å². The maximum absolute atomic E-state index is 12.3. The van der Waals surface area contributed by atoms with Gasteiger partial charge in [0.05, 0.1) is 5.56 Å². The van der Waals surface area contributed by atoms with E-state index in [0.717, 1.165) is 12.1 Å². The maximum Gasteiger partial charge on any atom is 0.416 e. The maximum atomic E-state index is 12.3. The summed E-state index contributed by atoms with van der Waals surface area (Å²) in [6.45, 7) is 0. The summed E-state index contributed by atoms with van der Waals surface area (Å²) in [6.07, 6.45) is -3.07. The SMILES string of the molecule is O=CC1NN=CN1c1ccc(C(F)(F)F)cc1. The van der Waals surface area contributed by atoms with E-state index in [1.807, 2.05) is 0 Å². The van der Waals surface area contributed by atoms with Gasteiger partial charge in [-0.05, 0) is 24.3 Å². The molecule has 0 saturated carbocycles. The van der Waals surface area contributed by atoms with Crippen LogP contribution in [0.4, 0.5) is 18.9 Å². The predicted molar refractivity (Wildman–Crippen MR) is 55.4 cm³/mol. The number of carbonyl (C=O) groups excluding carboxylic acids is 1. The number of carbonyl (C=O) groups is 1. The van der Waals surface area contributed by atoms with E-state index in [2.05, 4.69) is 10.5 Å². The number of alkyl halides is 3. The second kappa shape index (κ2) is 4.08. The molecular weight excluding hydrogens is 235 g/mol. The highest BCUT2D eigenvalue weighted by Gasteiger charge is 2.30. The average molecular weight is 243 g/mol. The predicted octanol–water partition coefficient (Wildman–Crippen LogP) is 1.58. The zero-order valence-corrected chi connectivity index (χ0v) is 8.48. The summed E-state index contributed by atoms with van der Waals surface area (Å²) in [5.41, 5.74) is 2.24. The summed E-state index contributed by atoms with van der Waals surface area (Å²) >= 11 is 0. The number of hydrogen-bond acceptors (Lipinski definition) is 4. The zero-order chi connectivity index (χ0) is 12.5. The Kier molecular flexibility index (Phi) is 2.74. The van der Waals surface area contributed by atoms with Gasteiger partial charge in [-0.1, -0.05) is 0 Å². The fourth-order valence-electron chi connectivity index (χ4n) is 1.45. The van der Waals surface area contributed by atoms with Crippen LogP contribution in [-0.2, 0) is 11.0 Å². The van der Waals surface area contributed by atoms with Gasteiger partial charge in [-0.2, -0.15) is 18.3 Å². The Balaban J connectivity index is 2.24. The lowest BCUT2D eigenvalue weighted by molar-refractivity contribution is -0.137. The minimum absolute atomic E-state index is 0.462. The Bertz CT molecular complexity index is 441. The highest BCUT2D eigenvalue weighted by atomic mass is 19.4. The fraction of sp³-hybridized carbons (Fsp3) is 0.200. The molecule has 90 valence electrons. The van der Waals surface area contributed by atoms with E-state index in [-0.39, 0.29) is 0 Å². The van der Waals surface area contributed by atoms with E-state index < -0.39 is 17.9 Å². The second-order valence-corrected chi connectivity index (χ2v) is 3.41. The molecular formula is C10H8F3N3O. The summed E-state index contributed by atoms with van der Waals surface area (Å²) in [4.78, 5) is 12.1. The van der Waals surface area contributed by atoms with Crippen molar-refractivity contribution in [2.75, 3.05) is 4.90 Å². The van der Waals surface area contributed by atoms with E-state index >= 15 is 0 Å². The van der Waals surface area contributed by atoms with Gasteiger partial charge in [0.2, 0.25) is 0 Å². The normalized spacial score (nSPS) is 19.2. The minimum atomic E-state index is -4.36. The Morgan fingerprint density at radius 1 is 1.29 bits per heavy atom. The van der Waals surface area contributed by atoms with Crippen molar-refractivity contribution in [2.45, 2.75) is 12.3 Å². The van der Waals surface area contributed by atoms with E-state index in [1.54, 1.807) is 0 Å². The molecule has 0 bridgehead atoms. The molecule has 4 nitrogen and oxygen atoms in total. The molecule has 1 aliphatic rings. The van der Waals surface area contributed by atoms with Crippen LogP contribution in [-0.4, -0.2) is 18.8 Å². The highest BCUT2D eigenvalue weighted by Crippen LogP contribution is 2.30. The van der Waals surface area contributed by atoms with Crippen molar-refractivity contribution in [2.24, 2.45) is 5.10 Å². The molecule has 0 saturated heterocycles. The molecule has 1 atom stereocenters. The van der Waals surface area contributed by atoms with Gasteiger partial charge >= 0.3 is 6.18 Å². The van der Waals surface area contributed by atoms with Crippen LogP contribution in [0.1, 0.15) is 5.56 Å². The van der Waals surface area contributed by atoms with Gasteiger partial charge in [-0.15, -0.1) is 0 Å². The first-order chi connectivity index (χ1) is 8.02. The Labute approximate surface area is 94.7 Å². The number of nitrogens with zero attached hydrogens (tertiary/aromatic N) is 2. The summed E-state index contributed by atoms with van der Waals surface area (Å²) in [5.74, 6) is 0. The number of aldehydes is 1. The van der Waals surface area contributed by atoms with Gasteiger partial charge in [0.25, 0.3) is 0 Å². The largest absolute Gasteiger partial charge is 0.416 e.